The molecule has 0 bridgehead atoms. The molecule has 0 radical (unpaired) electrons. The molecule has 0 fully saturated rings. The molecular formula is C12H16N2O3. The summed E-state index contributed by atoms with van der Waals surface area (Å²) in [6.07, 6.45) is 0.410. The maximum absolute atomic E-state index is 11.1. The van der Waals surface area contributed by atoms with Crippen molar-refractivity contribution in [2.75, 3.05) is 25.5 Å². The van der Waals surface area contributed by atoms with Gasteiger partial charge in [-0.2, -0.15) is 0 Å². The first-order chi connectivity index (χ1) is 8.04. The van der Waals surface area contributed by atoms with Gasteiger partial charge in [-0.05, 0) is 24.3 Å². The van der Waals surface area contributed by atoms with Crippen molar-refractivity contribution in [3.8, 4) is 0 Å². The van der Waals surface area contributed by atoms with Crippen LogP contribution in [-0.2, 0) is 4.79 Å². The van der Waals surface area contributed by atoms with E-state index in [1.54, 1.807) is 31.3 Å². The number of carboxylic acid groups (broad SMARTS) is 1. The maximum Gasteiger partial charge on any atom is 0.335 e. The van der Waals surface area contributed by atoms with Gasteiger partial charge < -0.3 is 15.3 Å². The molecule has 1 amide bonds. The molecule has 92 valence electrons. The lowest BCUT2D eigenvalue weighted by molar-refractivity contribution is -0.120. The van der Waals surface area contributed by atoms with Gasteiger partial charge in [-0.15, -0.1) is 0 Å². The number of carbonyl (C=O) groups is 2. The standard InChI is InChI=1S/C12H16N2O3/c1-13-11(15)7-8-14(2)10-5-3-9(4-6-10)12(16)17/h3-6H,7-8H2,1-2H3,(H,13,15)(H,16,17). The van der Waals surface area contributed by atoms with Crippen LogP contribution in [0.1, 0.15) is 16.8 Å². The number of nitrogens with zero attached hydrogens (tertiary/aromatic N) is 1. The van der Waals surface area contributed by atoms with E-state index in [0.29, 0.717) is 13.0 Å². The highest BCUT2D eigenvalue weighted by molar-refractivity contribution is 5.88. The zero-order chi connectivity index (χ0) is 12.8. The summed E-state index contributed by atoms with van der Waals surface area (Å²) in [5, 5.41) is 11.3. The molecule has 1 aromatic rings. The Balaban J connectivity index is 2.60. The molecule has 5 heteroatoms. The van der Waals surface area contributed by atoms with Gasteiger partial charge in [-0.3, -0.25) is 4.79 Å². The molecule has 0 aliphatic heterocycles. The van der Waals surface area contributed by atoms with Gasteiger partial charge in [-0.25, -0.2) is 4.79 Å². The lowest BCUT2D eigenvalue weighted by Gasteiger charge is -2.18. The Morgan fingerprint density at radius 3 is 2.35 bits per heavy atom. The second-order valence-corrected chi connectivity index (χ2v) is 3.70. The van der Waals surface area contributed by atoms with Gasteiger partial charge >= 0.3 is 5.97 Å². The number of aromatic carboxylic acids is 1. The Hall–Kier alpha value is -2.04. The van der Waals surface area contributed by atoms with E-state index < -0.39 is 5.97 Å². The van der Waals surface area contributed by atoms with E-state index in [-0.39, 0.29) is 11.5 Å². The predicted octanol–water partition coefficient (Wildman–Crippen LogP) is 0.957. The van der Waals surface area contributed by atoms with Gasteiger partial charge in [0.2, 0.25) is 5.91 Å². The van der Waals surface area contributed by atoms with Gasteiger partial charge in [-0.1, -0.05) is 0 Å². The third-order valence-corrected chi connectivity index (χ3v) is 2.51. The molecule has 17 heavy (non-hydrogen) atoms. The monoisotopic (exact) mass is 236 g/mol. The number of carboxylic acids is 1. The Morgan fingerprint density at radius 1 is 1.29 bits per heavy atom. The smallest absolute Gasteiger partial charge is 0.335 e. The highest BCUT2D eigenvalue weighted by atomic mass is 16.4. The summed E-state index contributed by atoms with van der Waals surface area (Å²) in [6.45, 7) is 0.589. The Bertz CT molecular complexity index is 401. The maximum atomic E-state index is 11.1. The van der Waals surface area contributed by atoms with Crippen LogP contribution in [0.4, 0.5) is 5.69 Å². The summed E-state index contributed by atoms with van der Waals surface area (Å²) in [7, 11) is 3.46. The van der Waals surface area contributed by atoms with Crippen LogP contribution in [-0.4, -0.2) is 37.6 Å². The van der Waals surface area contributed by atoms with E-state index in [2.05, 4.69) is 5.32 Å². The molecule has 0 aromatic heterocycles. The fourth-order valence-corrected chi connectivity index (χ4v) is 1.38. The largest absolute Gasteiger partial charge is 0.478 e. The average Bonchev–Trinajstić information content (AvgIpc) is 2.35. The molecule has 0 spiro atoms. The molecule has 1 aromatic carbocycles. The van der Waals surface area contributed by atoms with Crippen molar-refractivity contribution in [2.45, 2.75) is 6.42 Å². The molecule has 0 aliphatic rings. The zero-order valence-electron chi connectivity index (χ0n) is 9.93. The first-order valence-electron chi connectivity index (χ1n) is 5.29. The summed E-state index contributed by atoms with van der Waals surface area (Å²) in [5.74, 6) is -0.955. The summed E-state index contributed by atoms with van der Waals surface area (Å²) in [6, 6.07) is 6.56. The minimum Gasteiger partial charge on any atom is -0.478 e. The van der Waals surface area contributed by atoms with Crippen molar-refractivity contribution in [3.63, 3.8) is 0 Å². The van der Waals surface area contributed by atoms with Crippen LogP contribution in [0.25, 0.3) is 0 Å². The summed E-state index contributed by atoms with van der Waals surface area (Å²) < 4.78 is 0. The Labute approximate surface area is 100 Å². The Kier molecular flexibility index (Phi) is 4.51. The minimum atomic E-state index is -0.940. The van der Waals surface area contributed by atoms with E-state index in [0.717, 1.165) is 5.69 Å². The number of carbonyl (C=O) groups excluding carboxylic acids is 1. The molecule has 0 unspecified atom stereocenters. The fourth-order valence-electron chi connectivity index (χ4n) is 1.38. The number of anilines is 1. The number of hydrogen-bond acceptors (Lipinski definition) is 3. The van der Waals surface area contributed by atoms with E-state index in [9.17, 15) is 9.59 Å². The molecular weight excluding hydrogens is 220 g/mol. The lowest BCUT2D eigenvalue weighted by atomic mass is 10.2. The highest BCUT2D eigenvalue weighted by Gasteiger charge is 2.06. The van der Waals surface area contributed by atoms with Gasteiger partial charge in [0.15, 0.2) is 0 Å². The van der Waals surface area contributed by atoms with Crippen molar-refractivity contribution in [1.82, 2.24) is 5.32 Å². The summed E-state index contributed by atoms with van der Waals surface area (Å²) >= 11 is 0. The van der Waals surface area contributed by atoms with Crippen LogP contribution < -0.4 is 10.2 Å². The lowest BCUT2D eigenvalue weighted by Crippen LogP contribution is -2.26. The normalized spacial score (nSPS) is 9.76. The molecule has 5 nitrogen and oxygen atoms in total. The van der Waals surface area contributed by atoms with Crippen LogP contribution in [0.3, 0.4) is 0 Å². The Morgan fingerprint density at radius 2 is 1.88 bits per heavy atom. The summed E-state index contributed by atoms with van der Waals surface area (Å²) in [5.41, 5.74) is 1.15. The number of nitrogens with one attached hydrogen (secondary N) is 1. The quantitative estimate of drug-likeness (QED) is 0.798. The van der Waals surface area contributed by atoms with E-state index in [1.807, 2.05) is 11.9 Å². The number of benzene rings is 1. The molecule has 2 N–H and O–H groups in total. The average molecular weight is 236 g/mol. The van der Waals surface area contributed by atoms with Crippen LogP contribution >= 0.6 is 0 Å². The SMILES string of the molecule is CNC(=O)CCN(C)c1ccc(C(=O)O)cc1. The van der Waals surface area contributed by atoms with Crippen LogP contribution in [0.15, 0.2) is 24.3 Å². The van der Waals surface area contributed by atoms with Crippen molar-refractivity contribution < 1.29 is 14.7 Å². The van der Waals surface area contributed by atoms with Crippen molar-refractivity contribution >= 4 is 17.6 Å². The second kappa shape index (κ2) is 5.89. The first-order valence-corrected chi connectivity index (χ1v) is 5.29. The molecule has 0 aliphatic carbocycles. The van der Waals surface area contributed by atoms with Crippen LogP contribution in [0.2, 0.25) is 0 Å². The molecule has 1 rings (SSSR count). The van der Waals surface area contributed by atoms with Gasteiger partial charge in [0.05, 0.1) is 5.56 Å². The third-order valence-electron chi connectivity index (χ3n) is 2.51. The highest BCUT2D eigenvalue weighted by Crippen LogP contribution is 2.13. The van der Waals surface area contributed by atoms with E-state index >= 15 is 0 Å². The number of hydrogen-bond donors (Lipinski definition) is 2. The zero-order valence-corrected chi connectivity index (χ0v) is 9.93. The van der Waals surface area contributed by atoms with Crippen LogP contribution in [0.5, 0.6) is 0 Å². The minimum absolute atomic E-state index is 0.0148. The molecule has 0 heterocycles. The second-order valence-electron chi connectivity index (χ2n) is 3.70. The van der Waals surface area contributed by atoms with Gasteiger partial charge in [0.25, 0.3) is 0 Å². The third kappa shape index (κ3) is 3.79. The van der Waals surface area contributed by atoms with Gasteiger partial charge in [0.1, 0.15) is 0 Å². The number of rotatable bonds is 5. The van der Waals surface area contributed by atoms with E-state index in [4.69, 9.17) is 5.11 Å². The van der Waals surface area contributed by atoms with Crippen molar-refractivity contribution in [3.05, 3.63) is 29.8 Å². The molecule has 0 saturated heterocycles. The fraction of sp³-hybridized carbons (Fsp3) is 0.333. The topological polar surface area (TPSA) is 69.6 Å². The number of amides is 1. The predicted molar refractivity (Wildman–Crippen MR) is 65.4 cm³/mol. The van der Waals surface area contributed by atoms with Crippen molar-refractivity contribution in [2.24, 2.45) is 0 Å². The van der Waals surface area contributed by atoms with Gasteiger partial charge in [0, 0.05) is 32.7 Å². The molecule has 0 atom stereocenters. The molecule has 0 saturated carbocycles. The van der Waals surface area contributed by atoms with E-state index in [1.165, 1.54) is 0 Å². The van der Waals surface area contributed by atoms with Crippen LogP contribution in [0, 0.1) is 0 Å². The summed E-state index contributed by atoms with van der Waals surface area (Å²) in [4.78, 5) is 23.6. The van der Waals surface area contributed by atoms with Crippen molar-refractivity contribution in [1.29, 1.82) is 0 Å². The first kappa shape index (κ1) is 13.0.